The molecule has 0 saturated carbocycles. The number of hydrogen-bond acceptors (Lipinski definition) is 4. The summed E-state index contributed by atoms with van der Waals surface area (Å²) in [6, 6.07) is 3.69. The van der Waals surface area contributed by atoms with E-state index in [0.717, 1.165) is 25.5 Å². The van der Waals surface area contributed by atoms with Gasteiger partial charge in [-0.1, -0.05) is 13.8 Å². The monoisotopic (exact) mass is 340 g/mol. The molecule has 0 aliphatic carbocycles. The number of nitrogens with zero attached hydrogens (tertiary/aromatic N) is 1. The summed E-state index contributed by atoms with van der Waals surface area (Å²) in [5.74, 6) is 1.49. The Kier molecular flexibility index (Phi) is 8.91. The average molecular weight is 340 g/mol. The Morgan fingerprint density at radius 1 is 1.25 bits per heavy atom. The minimum atomic E-state index is -0.0317. The zero-order valence-electron chi connectivity index (χ0n) is 9.90. The Morgan fingerprint density at radius 2 is 1.88 bits per heavy atom. The highest BCUT2D eigenvalue weighted by molar-refractivity contribution is 14.0. The second kappa shape index (κ2) is 8.98. The van der Waals surface area contributed by atoms with E-state index < -0.39 is 0 Å². The summed E-state index contributed by atoms with van der Waals surface area (Å²) >= 11 is 0. The van der Waals surface area contributed by atoms with Crippen molar-refractivity contribution < 1.29 is 9.52 Å². The second-order valence-electron chi connectivity index (χ2n) is 3.41. The first kappa shape index (κ1) is 15.9. The number of halogens is 1. The Balaban J connectivity index is 0.00000225. The lowest BCUT2D eigenvalue weighted by Crippen LogP contribution is -2.33. The van der Waals surface area contributed by atoms with Crippen molar-refractivity contribution >= 4 is 24.0 Å². The molecule has 94 valence electrons. The fourth-order valence-electron chi connectivity index (χ4n) is 1.39. The van der Waals surface area contributed by atoms with Crippen LogP contribution in [0.2, 0.25) is 0 Å². The fraction of sp³-hybridized carbons (Fsp3) is 0.636. The highest BCUT2D eigenvalue weighted by Gasteiger charge is 2.01. The van der Waals surface area contributed by atoms with Gasteiger partial charge < -0.3 is 9.52 Å². The zero-order valence-corrected chi connectivity index (χ0v) is 12.2. The van der Waals surface area contributed by atoms with Gasteiger partial charge >= 0.3 is 0 Å². The molecule has 0 radical (unpaired) electrons. The molecule has 1 aromatic heterocycles. The van der Waals surface area contributed by atoms with Crippen molar-refractivity contribution in [2.45, 2.75) is 27.0 Å². The van der Waals surface area contributed by atoms with Crippen LogP contribution in [0.25, 0.3) is 0 Å². The number of rotatable bonds is 7. The van der Waals surface area contributed by atoms with Crippen LogP contribution in [0.15, 0.2) is 16.5 Å². The highest BCUT2D eigenvalue weighted by atomic mass is 127. The van der Waals surface area contributed by atoms with Crippen LogP contribution in [0.4, 0.5) is 0 Å². The molecule has 5 heteroatoms. The van der Waals surface area contributed by atoms with Crippen molar-refractivity contribution in [2.24, 2.45) is 0 Å². The van der Waals surface area contributed by atoms with E-state index in [9.17, 15) is 0 Å². The molecule has 0 aromatic carbocycles. The van der Waals surface area contributed by atoms with Gasteiger partial charge in [0.2, 0.25) is 0 Å². The lowest BCUT2D eigenvalue weighted by Gasteiger charge is -2.17. The first-order valence-corrected chi connectivity index (χ1v) is 5.41. The van der Waals surface area contributed by atoms with Gasteiger partial charge in [0, 0.05) is 6.67 Å². The first-order valence-electron chi connectivity index (χ1n) is 5.41. The quantitative estimate of drug-likeness (QED) is 0.587. The van der Waals surface area contributed by atoms with Gasteiger partial charge in [-0.3, -0.25) is 10.2 Å². The summed E-state index contributed by atoms with van der Waals surface area (Å²) in [4.78, 5) is 2.29. The topological polar surface area (TPSA) is 48.6 Å². The van der Waals surface area contributed by atoms with Gasteiger partial charge in [-0.05, 0) is 25.2 Å². The van der Waals surface area contributed by atoms with Crippen molar-refractivity contribution in [3.8, 4) is 0 Å². The third-order valence-corrected chi connectivity index (χ3v) is 2.40. The van der Waals surface area contributed by atoms with E-state index in [0.29, 0.717) is 12.3 Å². The number of hydrogen-bond donors (Lipinski definition) is 2. The molecule has 0 saturated heterocycles. The van der Waals surface area contributed by atoms with Gasteiger partial charge in [0.05, 0.1) is 6.54 Å². The van der Waals surface area contributed by atoms with Gasteiger partial charge in [0.1, 0.15) is 18.1 Å². The van der Waals surface area contributed by atoms with Crippen LogP contribution in [-0.4, -0.2) is 29.8 Å². The van der Waals surface area contributed by atoms with Gasteiger partial charge in [0.25, 0.3) is 0 Å². The van der Waals surface area contributed by atoms with Crippen molar-refractivity contribution in [2.75, 3.05) is 19.8 Å². The fourth-order valence-corrected chi connectivity index (χ4v) is 1.39. The maximum atomic E-state index is 8.82. The van der Waals surface area contributed by atoms with Crippen LogP contribution >= 0.6 is 24.0 Å². The van der Waals surface area contributed by atoms with Crippen molar-refractivity contribution in [1.29, 1.82) is 0 Å². The van der Waals surface area contributed by atoms with Crippen LogP contribution in [0.1, 0.15) is 25.4 Å². The molecule has 0 unspecified atom stereocenters. The minimum Gasteiger partial charge on any atom is -0.462 e. The Hall–Kier alpha value is -0.110. The van der Waals surface area contributed by atoms with Crippen LogP contribution in [-0.2, 0) is 13.2 Å². The second-order valence-corrected chi connectivity index (χ2v) is 3.41. The van der Waals surface area contributed by atoms with E-state index in [1.807, 2.05) is 6.07 Å². The molecule has 0 atom stereocenters. The maximum Gasteiger partial charge on any atom is 0.129 e. The third-order valence-electron chi connectivity index (χ3n) is 2.40. The predicted octanol–water partition coefficient (Wildman–Crippen LogP) is 1.78. The number of aliphatic hydroxyl groups is 1. The van der Waals surface area contributed by atoms with E-state index in [4.69, 9.17) is 9.52 Å². The maximum absolute atomic E-state index is 8.82. The average Bonchev–Trinajstić information content (AvgIpc) is 2.72. The molecule has 0 spiro atoms. The lowest BCUT2D eigenvalue weighted by atomic mass is 10.4. The van der Waals surface area contributed by atoms with E-state index in [1.165, 1.54) is 0 Å². The summed E-state index contributed by atoms with van der Waals surface area (Å²) in [6.45, 7) is 7.91. The van der Waals surface area contributed by atoms with E-state index in [2.05, 4.69) is 24.1 Å². The third kappa shape index (κ3) is 5.29. The van der Waals surface area contributed by atoms with Crippen LogP contribution in [0, 0.1) is 0 Å². The molecule has 16 heavy (non-hydrogen) atoms. The predicted molar refractivity (Wildman–Crippen MR) is 74.7 cm³/mol. The summed E-state index contributed by atoms with van der Waals surface area (Å²) in [5.41, 5.74) is 0. The van der Waals surface area contributed by atoms with E-state index >= 15 is 0 Å². The molecular formula is C11H21IN2O2. The van der Waals surface area contributed by atoms with Gasteiger partial charge in [-0.25, -0.2) is 0 Å². The first-order chi connectivity index (χ1) is 7.30. The van der Waals surface area contributed by atoms with Crippen molar-refractivity contribution in [3.63, 3.8) is 0 Å². The molecule has 0 bridgehead atoms. The van der Waals surface area contributed by atoms with Crippen LogP contribution in [0.5, 0.6) is 0 Å². The summed E-state index contributed by atoms with van der Waals surface area (Å²) in [7, 11) is 0. The molecule has 0 amide bonds. The molecule has 4 nitrogen and oxygen atoms in total. The SMILES string of the molecule is CCN(CC)CNCc1ccc(CO)o1.I. The molecule has 0 aliphatic heterocycles. The van der Waals surface area contributed by atoms with Gasteiger partial charge in [0.15, 0.2) is 0 Å². The van der Waals surface area contributed by atoms with Crippen molar-refractivity contribution in [1.82, 2.24) is 10.2 Å². The van der Waals surface area contributed by atoms with E-state index in [1.54, 1.807) is 6.07 Å². The number of nitrogens with one attached hydrogen (secondary N) is 1. The van der Waals surface area contributed by atoms with E-state index in [-0.39, 0.29) is 30.6 Å². The smallest absolute Gasteiger partial charge is 0.129 e. The lowest BCUT2D eigenvalue weighted by molar-refractivity contribution is 0.239. The summed E-state index contributed by atoms with van der Waals surface area (Å²) in [6.07, 6.45) is 0. The Morgan fingerprint density at radius 3 is 2.38 bits per heavy atom. The largest absolute Gasteiger partial charge is 0.462 e. The Labute approximate surface area is 114 Å². The molecular weight excluding hydrogens is 319 g/mol. The minimum absolute atomic E-state index is 0. The number of furan rings is 1. The molecule has 1 aromatic rings. The summed E-state index contributed by atoms with van der Waals surface area (Å²) in [5, 5.41) is 12.1. The molecule has 1 rings (SSSR count). The standard InChI is InChI=1S/C11H20N2O2.HI/c1-3-13(4-2)9-12-7-10-5-6-11(8-14)15-10;/h5-6,12,14H,3-4,7-9H2,1-2H3;1H. The Bertz CT molecular complexity index is 275. The van der Waals surface area contributed by atoms with Crippen LogP contribution < -0.4 is 5.32 Å². The van der Waals surface area contributed by atoms with Gasteiger partial charge in [-0.2, -0.15) is 0 Å². The molecule has 0 aliphatic rings. The molecule has 1 heterocycles. The highest BCUT2D eigenvalue weighted by Crippen LogP contribution is 2.06. The summed E-state index contributed by atoms with van der Waals surface area (Å²) < 4.78 is 5.35. The normalized spacial score (nSPS) is 10.5. The van der Waals surface area contributed by atoms with Crippen LogP contribution in [0.3, 0.4) is 0 Å². The molecule has 2 N–H and O–H groups in total. The van der Waals surface area contributed by atoms with Crippen molar-refractivity contribution in [3.05, 3.63) is 23.7 Å². The van der Waals surface area contributed by atoms with Gasteiger partial charge in [-0.15, -0.1) is 24.0 Å². The molecule has 0 fully saturated rings. The number of aliphatic hydroxyl groups excluding tert-OH is 1. The zero-order chi connectivity index (χ0) is 11.1.